The minimum atomic E-state index is -0.260. The van der Waals surface area contributed by atoms with E-state index in [4.69, 9.17) is 5.73 Å². The van der Waals surface area contributed by atoms with E-state index in [2.05, 4.69) is 27.0 Å². The van der Waals surface area contributed by atoms with E-state index >= 15 is 0 Å². The van der Waals surface area contributed by atoms with Crippen molar-refractivity contribution in [2.45, 2.75) is 24.9 Å². The second kappa shape index (κ2) is 2.60. The van der Waals surface area contributed by atoms with Crippen LogP contribution in [-0.4, -0.2) is 16.1 Å². The van der Waals surface area contributed by atoms with Gasteiger partial charge in [-0.05, 0) is 12.8 Å². The highest BCUT2D eigenvalue weighted by atomic mass is 15.2. The molecule has 0 spiro atoms. The summed E-state index contributed by atoms with van der Waals surface area (Å²) >= 11 is 0. The first-order chi connectivity index (χ1) is 6.80. The first kappa shape index (κ1) is 8.05. The SMILES string of the molecule is NC1(c2ncc3n2CCN3)CC=CC1. The summed E-state index contributed by atoms with van der Waals surface area (Å²) in [6.07, 6.45) is 7.98. The van der Waals surface area contributed by atoms with Crippen LogP contribution in [0.25, 0.3) is 0 Å². The predicted octanol–water partition coefficient (Wildman–Crippen LogP) is 0.813. The first-order valence-corrected chi connectivity index (χ1v) is 5.03. The Kier molecular flexibility index (Phi) is 1.50. The molecule has 0 fully saturated rings. The van der Waals surface area contributed by atoms with Gasteiger partial charge < -0.3 is 15.6 Å². The number of nitrogens with one attached hydrogen (secondary N) is 1. The first-order valence-electron chi connectivity index (χ1n) is 5.03. The molecule has 0 atom stereocenters. The number of nitrogens with zero attached hydrogens (tertiary/aromatic N) is 2. The maximum Gasteiger partial charge on any atom is 0.131 e. The van der Waals surface area contributed by atoms with E-state index in [1.54, 1.807) is 0 Å². The largest absolute Gasteiger partial charge is 0.368 e. The Balaban J connectivity index is 2.04. The second-order valence-corrected chi connectivity index (χ2v) is 4.08. The molecule has 1 aromatic heterocycles. The van der Waals surface area contributed by atoms with Crippen molar-refractivity contribution in [2.75, 3.05) is 11.9 Å². The van der Waals surface area contributed by atoms with Crippen molar-refractivity contribution in [1.82, 2.24) is 9.55 Å². The van der Waals surface area contributed by atoms with Gasteiger partial charge in [-0.15, -0.1) is 0 Å². The molecule has 74 valence electrons. The fourth-order valence-electron chi connectivity index (χ4n) is 2.29. The summed E-state index contributed by atoms with van der Waals surface area (Å²) in [5, 5.41) is 3.29. The van der Waals surface area contributed by atoms with Crippen molar-refractivity contribution in [3.05, 3.63) is 24.2 Å². The van der Waals surface area contributed by atoms with Crippen molar-refractivity contribution in [2.24, 2.45) is 5.73 Å². The quantitative estimate of drug-likeness (QED) is 0.644. The third-order valence-electron chi connectivity index (χ3n) is 3.07. The molecule has 3 N–H and O–H groups in total. The van der Waals surface area contributed by atoms with Crippen molar-refractivity contribution in [3.8, 4) is 0 Å². The monoisotopic (exact) mass is 190 g/mol. The zero-order valence-electron chi connectivity index (χ0n) is 8.03. The van der Waals surface area contributed by atoms with Gasteiger partial charge in [-0.3, -0.25) is 0 Å². The average Bonchev–Trinajstić information content (AvgIpc) is 2.76. The molecule has 0 bridgehead atoms. The molecule has 0 saturated heterocycles. The Bertz CT molecular complexity index is 383. The Morgan fingerprint density at radius 1 is 1.43 bits per heavy atom. The van der Waals surface area contributed by atoms with Crippen LogP contribution in [0.5, 0.6) is 0 Å². The zero-order valence-corrected chi connectivity index (χ0v) is 8.03. The summed E-state index contributed by atoms with van der Waals surface area (Å²) in [4.78, 5) is 4.43. The van der Waals surface area contributed by atoms with Crippen LogP contribution in [0, 0.1) is 0 Å². The normalized spacial score (nSPS) is 22.4. The maximum absolute atomic E-state index is 6.32. The van der Waals surface area contributed by atoms with E-state index in [1.165, 1.54) is 0 Å². The summed E-state index contributed by atoms with van der Waals surface area (Å²) in [6.45, 7) is 1.98. The van der Waals surface area contributed by atoms with Gasteiger partial charge in [-0.25, -0.2) is 4.98 Å². The molecule has 3 rings (SSSR count). The summed E-state index contributed by atoms with van der Waals surface area (Å²) < 4.78 is 2.20. The van der Waals surface area contributed by atoms with Crippen LogP contribution >= 0.6 is 0 Å². The molecule has 2 aliphatic rings. The molecule has 0 unspecified atom stereocenters. The van der Waals surface area contributed by atoms with E-state index in [9.17, 15) is 0 Å². The van der Waals surface area contributed by atoms with Crippen LogP contribution in [0.2, 0.25) is 0 Å². The molecule has 0 saturated carbocycles. The molecule has 0 radical (unpaired) electrons. The number of imidazole rings is 1. The average molecular weight is 190 g/mol. The third-order valence-corrected chi connectivity index (χ3v) is 3.07. The lowest BCUT2D eigenvalue weighted by atomic mass is 9.97. The van der Waals surface area contributed by atoms with Gasteiger partial charge in [-0.2, -0.15) is 0 Å². The van der Waals surface area contributed by atoms with Crippen LogP contribution in [0.15, 0.2) is 18.3 Å². The Labute approximate surface area is 82.8 Å². The summed E-state index contributed by atoms with van der Waals surface area (Å²) in [5.74, 6) is 2.14. The van der Waals surface area contributed by atoms with Crippen molar-refractivity contribution in [3.63, 3.8) is 0 Å². The molecule has 14 heavy (non-hydrogen) atoms. The maximum atomic E-state index is 6.32. The zero-order chi connectivity index (χ0) is 9.60. The molecular weight excluding hydrogens is 176 g/mol. The van der Waals surface area contributed by atoms with Crippen molar-refractivity contribution >= 4 is 5.82 Å². The van der Waals surface area contributed by atoms with Crippen LogP contribution in [0.3, 0.4) is 0 Å². The highest BCUT2D eigenvalue weighted by Crippen LogP contribution is 2.33. The molecular formula is C10H14N4. The minimum Gasteiger partial charge on any atom is -0.368 e. The van der Waals surface area contributed by atoms with E-state index in [0.29, 0.717) is 0 Å². The smallest absolute Gasteiger partial charge is 0.131 e. The number of hydrogen-bond acceptors (Lipinski definition) is 3. The molecule has 2 heterocycles. The van der Waals surface area contributed by atoms with Crippen LogP contribution < -0.4 is 11.1 Å². The Hall–Kier alpha value is -1.29. The van der Waals surface area contributed by atoms with Crippen molar-refractivity contribution in [1.29, 1.82) is 0 Å². The van der Waals surface area contributed by atoms with Crippen LogP contribution in [-0.2, 0) is 12.1 Å². The summed E-state index contributed by atoms with van der Waals surface area (Å²) in [6, 6.07) is 0. The molecule has 1 aromatic rings. The third kappa shape index (κ3) is 0.944. The van der Waals surface area contributed by atoms with Gasteiger partial charge in [0.25, 0.3) is 0 Å². The van der Waals surface area contributed by atoms with Gasteiger partial charge in [0, 0.05) is 13.1 Å². The molecule has 0 aromatic carbocycles. The highest BCUT2D eigenvalue weighted by molar-refractivity contribution is 5.40. The molecule has 0 amide bonds. The highest BCUT2D eigenvalue weighted by Gasteiger charge is 2.34. The van der Waals surface area contributed by atoms with Gasteiger partial charge in [0.05, 0.1) is 11.7 Å². The molecule has 4 heteroatoms. The number of aromatic nitrogens is 2. The standard InChI is InChI=1S/C10H14N4/c11-10(3-1-2-4-10)9-13-7-8-12-5-6-14(8)9/h1-2,7,12H,3-6,11H2. The number of rotatable bonds is 1. The van der Waals surface area contributed by atoms with E-state index < -0.39 is 0 Å². The van der Waals surface area contributed by atoms with E-state index in [1.807, 2.05) is 6.20 Å². The van der Waals surface area contributed by atoms with Gasteiger partial charge in [0.2, 0.25) is 0 Å². The summed E-state index contributed by atoms with van der Waals surface area (Å²) in [5.41, 5.74) is 6.06. The van der Waals surface area contributed by atoms with Gasteiger partial charge in [0.15, 0.2) is 0 Å². The van der Waals surface area contributed by atoms with Gasteiger partial charge in [-0.1, -0.05) is 12.2 Å². The molecule has 4 nitrogen and oxygen atoms in total. The minimum absolute atomic E-state index is 0.260. The fraction of sp³-hybridized carbons (Fsp3) is 0.500. The topological polar surface area (TPSA) is 55.9 Å². The van der Waals surface area contributed by atoms with Gasteiger partial charge in [0.1, 0.15) is 11.6 Å². The second-order valence-electron chi connectivity index (χ2n) is 4.08. The van der Waals surface area contributed by atoms with E-state index in [0.717, 1.165) is 37.6 Å². The lowest BCUT2D eigenvalue weighted by molar-refractivity contribution is 0.429. The number of nitrogens with two attached hydrogens (primary N) is 1. The summed E-state index contributed by atoms with van der Waals surface area (Å²) in [7, 11) is 0. The number of fused-ring (bicyclic) bond motifs is 1. The number of hydrogen-bond donors (Lipinski definition) is 2. The lowest BCUT2D eigenvalue weighted by Gasteiger charge is -2.23. The lowest BCUT2D eigenvalue weighted by Crippen LogP contribution is -2.36. The van der Waals surface area contributed by atoms with Crippen LogP contribution in [0.4, 0.5) is 5.82 Å². The van der Waals surface area contributed by atoms with Crippen molar-refractivity contribution < 1.29 is 0 Å². The Morgan fingerprint density at radius 3 is 3.00 bits per heavy atom. The fourth-order valence-corrected chi connectivity index (χ4v) is 2.29. The number of anilines is 1. The van der Waals surface area contributed by atoms with Gasteiger partial charge >= 0.3 is 0 Å². The van der Waals surface area contributed by atoms with Crippen LogP contribution in [0.1, 0.15) is 18.7 Å². The molecule has 1 aliphatic heterocycles. The van der Waals surface area contributed by atoms with E-state index in [-0.39, 0.29) is 5.54 Å². The Morgan fingerprint density at radius 2 is 2.21 bits per heavy atom. The molecule has 1 aliphatic carbocycles. The predicted molar refractivity (Wildman–Crippen MR) is 55.0 cm³/mol.